The van der Waals surface area contributed by atoms with Crippen LogP contribution in [0.3, 0.4) is 0 Å². The molecule has 0 amide bonds. The van der Waals surface area contributed by atoms with Crippen molar-refractivity contribution in [3.63, 3.8) is 0 Å². The Morgan fingerprint density at radius 3 is 2.59 bits per heavy atom. The van der Waals surface area contributed by atoms with Gasteiger partial charge >= 0.3 is 0 Å². The van der Waals surface area contributed by atoms with Crippen LogP contribution in [-0.2, 0) is 13.6 Å². The number of nitrogens with zero attached hydrogens (tertiary/aromatic N) is 1. The molecule has 2 rings (SSSR count). The Kier molecular flexibility index (Phi) is 3.11. The van der Waals surface area contributed by atoms with Gasteiger partial charge in [0.25, 0.3) is 0 Å². The zero-order valence-electron chi connectivity index (χ0n) is 11.2. The Morgan fingerprint density at radius 2 is 2.00 bits per heavy atom. The van der Waals surface area contributed by atoms with E-state index in [9.17, 15) is 0 Å². The minimum Gasteiger partial charge on any atom is -0.495 e. The van der Waals surface area contributed by atoms with E-state index in [1.54, 1.807) is 7.11 Å². The minimum atomic E-state index is 0.885. The van der Waals surface area contributed by atoms with Gasteiger partial charge in [-0.3, -0.25) is 0 Å². The van der Waals surface area contributed by atoms with E-state index in [1.807, 2.05) is 7.05 Å². The summed E-state index contributed by atoms with van der Waals surface area (Å²) in [5, 5.41) is 4.52. The van der Waals surface area contributed by atoms with E-state index < -0.39 is 0 Å². The van der Waals surface area contributed by atoms with Crippen LogP contribution in [0.1, 0.15) is 16.8 Å². The Bertz CT molecular complexity index is 555. The summed E-state index contributed by atoms with van der Waals surface area (Å²) in [6, 6.07) is 4.32. The highest BCUT2D eigenvalue weighted by Crippen LogP contribution is 2.33. The first-order valence-corrected chi connectivity index (χ1v) is 5.87. The quantitative estimate of drug-likeness (QED) is 0.880. The predicted molar refractivity (Wildman–Crippen MR) is 71.7 cm³/mol. The number of ether oxygens (including phenoxy) is 1. The average molecular weight is 232 g/mol. The normalized spacial score (nSPS) is 11.1. The number of rotatable bonds is 3. The second-order valence-electron chi connectivity index (χ2n) is 4.52. The summed E-state index contributed by atoms with van der Waals surface area (Å²) < 4.78 is 7.70. The maximum absolute atomic E-state index is 5.49. The first kappa shape index (κ1) is 12.0. The molecule has 0 spiro atoms. The van der Waals surface area contributed by atoms with Crippen LogP contribution in [0.25, 0.3) is 10.9 Å². The fraction of sp³-hybridized carbons (Fsp3) is 0.429. The molecule has 3 nitrogen and oxygen atoms in total. The van der Waals surface area contributed by atoms with Crippen molar-refractivity contribution in [2.24, 2.45) is 7.05 Å². The molecule has 3 heteroatoms. The van der Waals surface area contributed by atoms with E-state index in [0.717, 1.165) is 12.3 Å². The molecule has 0 aliphatic heterocycles. The molecule has 0 atom stereocenters. The SMILES string of the molecule is CNCc1c(C)n(C)c2c(OC)cc(C)cc12. The van der Waals surface area contributed by atoms with Crippen molar-refractivity contribution in [1.82, 2.24) is 9.88 Å². The van der Waals surface area contributed by atoms with E-state index in [4.69, 9.17) is 4.74 Å². The third-order valence-corrected chi connectivity index (χ3v) is 3.39. The zero-order chi connectivity index (χ0) is 12.6. The molecule has 0 saturated carbocycles. The van der Waals surface area contributed by atoms with Crippen LogP contribution in [0.4, 0.5) is 0 Å². The second-order valence-corrected chi connectivity index (χ2v) is 4.52. The Labute approximate surface area is 102 Å². The highest BCUT2D eigenvalue weighted by molar-refractivity contribution is 5.91. The molecule has 0 radical (unpaired) electrons. The number of aromatic nitrogens is 1. The second kappa shape index (κ2) is 4.41. The number of aryl methyl sites for hydroxylation is 2. The molecular weight excluding hydrogens is 212 g/mol. The topological polar surface area (TPSA) is 26.2 Å². The maximum Gasteiger partial charge on any atom is 0.143 e. The van der Waals surface area contributed by atoms with Gasteiger partial charge in [0.15, 0.2) is 0 Å². The lowest BCUT2D eigenvalue weighted by Gasteiger charge is -2.06. The van der Waals surface area contributed by atoms with Crippen LogP contribution >= 0.6 is 0 Å². The van der Waals surface area contributed by atoms with Gasteiger partial charge in [-0.25, -0.2) is 0 Å². The van der Waals surface area contributed by atoms with Crippen molar-refractivity contribution in [3.8, 4) is 5.75 Å². The molecule has 2 aromatic rings. The van der Waals surface area contributed by atoms with Gasteiger partial charge in [-0.05, 0) is 44.2 Å². The standard InChI is InChI=1S/C14H20N2O/c1-9-6-11-12(8-15-3)10(2)16(4)14(11)13(7-9)17-5/h6-7,15H,8H2,1-5H3. The van der Waals surface area contributed by atoms with Crippen molar-refractivity contribution >= 4 is 10.9 Å². The Morgan fingerprint density at radius 1 is 1.29 bits per heavy atom. The van der Waals surface area contributed by atoms with Gasteiger partial charge in [-0.15, -0.1) is 0 Å². The molecule has 17 heavy (non-hydrogen) atoms. The molecule has 0 unspecified atom stereocenters. The first-order chi connectivity index (χ1) is 8.10. The van der Waals surface area contributed by atoms with Crippen LogP contribution < -0.4 is 10.1 Å². The lowest BCUT2D eigenvalue weighted by atomic mass is 10.1. The van der Waals surface area contributed by atoms with Gasteiger partial charge in [-0.2, -0.15) is 0 Å². The molecule has 1 heterocycles. The number of hydrogen-bond donors (Lipinski definition) is 1. The zero-order valence-corrected chi connectivity index (χ0v) is 11.2. The number of methoxy groups -OCH3 is 1. The van der Waals surface area contributed by atoms with E-state index >= 15 is 0 Å². The van der Waals surface area contributed by atoms with Crippen LogP contribution in [-0.4, -0.2) is 18.7 Å². The summed E-state index contributed by atoms with van der Waals surface area (Å²) in [5.41, 5.74) is 5.06. The highest BCUT2D eigenvalue weighted by atomic mass is 16.5. The van der Waals surface area contributed by atoms with Gasteiger partial charge in [0.05, 0.1) is 12.6 Å². The van der Waals surface area contributed by atoms with E-state index in [-0.39, 0.29) is 0 Å². The number of benzene rings is 1. The number of fused-ring (bicyclic) bond motifs is 1. The monoisotopic (exact) mass is 232 g/mol. The van der Waals surface area contributed by atoms with Crippen molar-refractivity contribution < 1.29 is 4.74 Å². The summed E-state index contributed by atoms with van der Waals surface area (Å²) in [7, 11) is 5.80. The molecule has 1 aromatic heterocycles. The molecule has 0 saturated heterocycles. The fourth-order valence-electron chi connectivity index (χ4n) is 2.44. The van der Waals surface area contributed by atoms with Gasteiger partial charge in [0.2, 0.25) is 0 Å². The summed E-state index contributed by atoms with van der Waals surface area (Å²) in [6.07, 6.45) is 0. The van der Waals surface area contributed by atoms with Crippen LogP contribution in [0.5, 0.6) is 5.75 Å². The smallest absolute Gasteiger partial charge is 0.143 e. The third-order valence-electron chi connectivity index (χ3n) is 3.39. The minimum absolute atomic E-state index is 0.885. The van der Waals surface area contributed by atoms with E-state index in [1.165, 1.54) is 27.7 Å². The summed E-state index contributed by atoms with van der Waals surface area (Å²) in [5.74, 6) is 0.952. The van der Waals surface area contributed by atoms with Crippen LogP contribution in [0.15, 0.2) is 12.1 Å². The van der Waals surface area contributed by atoms with Gasteiger partial charge in [0.1, 0.15) is 5.75 Å². The molecule has 1 N–H and O–H groups in total. The molecule has 0 aliphatic carbocycles. The molecule has 92 valence electrons. The summed E-state index contributed by atoms with van der Waals surface area (Å²) >= 11 is 0. The van der Waals surface area contributed by atoms with Gasteiger partial charge in [0, 0.05) is 24.7 Å². The predicted octanol–water partition coefficient (Wildman–Crippen LogP) is 2.52. The van der Waals surface area contributed by atoms with E-state index in [2.05, 4.69) is 42.9 Å². The average Bonchev–Trinajstić information content (AvgIpc) is 2.54. The number of hydrogen-bond acceptors (Lipinski definition) is 2. The fourth-order valence-corrected chi connectivity index (χ4v) is 2.44. The summed E-state index contributed by atoms with van der Waals surface area (Å²) in [6.45, 7) is 5.14. The van der Waals surface area contributed by atoms with Crippen LogP contribution in [0, 0.1) is 13.8 Å². The van der Waals surface area contributed by atoms with Crippen molar-refractivity contribution in [1.29, 1.82) is 0 Å². The first-order valence-electron chi connectivity index (χ1n) is 5.87. The lowest BCUT2D eigenvalue weighted by molar-refractivity contribution is 0.417. The maximum atomic E-state index is 5.49. The van der Waals surface area contributed by atoms with Crippen molar-refractivity contribution in [2.75, 3.05) is 14.2 Å². The van der Waals surface area contributed by atoms with Crippen molar-refractivity contribution in [3.05, 3.63) is 29.0 Å². The largest absolute Gasteiger partial charge is 0.495 e. The molecule has 0 bridgehead atoms. The van der Waals surface area contributed by atoms with E-state index in [0.29, 0.717) is 0 Å². The number of nitrogens with one attached hydrogen (secondary N) is 1. The molecular formula is C14H20N2O. The summed E-state index contributed by atoms with van der Waals surface area (Å²) in [4.78, 5) is 0. The van der Waals surface area contributed by atoms with Crippen molar-refractivity contribution in [2.45, 2.75) is 20.4 Å². The third kappa shape index (κ3) is 1.80. The molecule has 0 fully saturated rings. The van der Waals surface area contributed by atoms with Gasteiger partial charge < -0.3 is 14.6 Å². The van der Waals surface area contributed by atoms with Crippen LogP contribution in [0.2, 0.25) is 0 Å². The lowest BCUT2D eigenvalue weighted by Crippen LogP contribution is -2.06. The highest BCUT2D eigenvalue weighted by Gasteiger charge is 2.15. The Balaban J connectivity index is 2.84. The molecule has 0 aliphatic rings. The Hall–Kier alpha value is -1.48. The van der Waals surface area contributed by atoms with Gasteiger partial charge in [-0.1, -0.05) is 0 Å². The molecule has 1 aromatic carbocycles.